The van der Waals surface area contributed by atoms with Crippen molar-refractivity contribution in [1.29, 1.82) is 0 Å². The Balaban J connectivity index is 1.51. The number of carbonyl (C=O) groups is 3. The van der Waals surface area contributed by atoms with Crippen molar-refractivity contribution in [3.63, 3.8) is 0 Å². The molecule has 1 aromatic carbocycles. The molecular formula is C33H45N3O3. The lowest BCUT2D eigenvalue weighted by atomic mass is 9.46. The van der Waals surface area contributed by atoms with Gasteiger partial charge in [0.1, 0.15) is 18.2 Å². The van der Waals surface area contributed by atoms with Gasteiger partial charge in [-0.1, -0.05) is 71.4 Å². The van der Waals surface area contributed by atoms with Crippen molar-refractivity contribution >= 4 is 23.9 Å². The fraction of sp³-hybridized carbons (Fsp3) is 0.667. The Morgan fingerprint density at radius 2 is 1.82 bits per heavy atom. The van der Waals surface area contributed by atoms with Crippen LogP contribution in [-0.2, 0) is 19.8 Å². The van der Waals surface area contributed by atoms with Crippen LogP contribution in [0, 0.1) is 28.6 Å². The van der Waals surface area contributed by atoms with Gasteiger partial charge in [-0.3, -0.25) is 19.3 Å². The Hall–Kier alpha value is -2.63. The van der Waals surface area contributed by atoms with E-state index in [9.17, 15) is 14.4 Å². The smallest absolute Gasteiger partial charge is 0.247 e. The van der Waals surface area contributed by atoms with Crippen LogP contribution in [0.5, 0.6) is 0 Å². The maximum Gasteiger partial charge on any atom is 0.247 e. The van der Waals surface area contributed by atoms with E-state index in [1.165, 1.54) is 31.3 Å². The molecule has 2 saturated carbocycles. The summed E-state index contributed by atoms with van der Waals surface area (Å²) < 4.78 is 0. The highest BCUT2D eigenvalue weighted by Crippen LogP contribution is 2.66. The highest BCUT2D eigenvalue weighted by molar-refractivity contribution is 6.00. The lowest BCUT2D eigenvalue weighted by Crippen LogP contribution is -2.66. The Bertz CT molecular complexity index is 1240. The monoisotopic (exact) mass is 531 g/mol. The van der Waals surface area contributed by atoms with Crippen LogP contribution in [0.25, 0.3) is 0 Å². The lowest BCUT2D eigenvalue weighted by molar-refractivity contribution is -0.161. The van der Waals surface area contributed by atoms with Crippen molar-refractivity contribution in [2.75, 3.05) is 11.9 Å². The summed E-state index contributed by atoms with van der Waals surface area (Å²) >= 11 is 0. The summed E-state index contributed by atoms with van der Waals surface area (Å²) in [6.45, 7) is 16.0. The van der Waals surface area contributed by atoms with Crippen molar-refractivity contribution in [3.8, 4) is 0 Å². The average Bonchev–Trinajstić information content (AvgIpc) is 3.34. The zero-order chi connectivity index (χ0) is 28.1. The zero-order valence-corrected chi connectivity index (χ0v) is 24.6. The van der Waals surface area contributed by atoms with Crippen molar-refractivity contribution in [2.24, 2.45) is 28.6 Å². The van der Waals surface area contributed by atoms with Gasteiger partial charge in [0.05, 0.1) is 0 Å². The summed E-state index contributed by atoms with van der Waals surface area (Å²) in [5.41, 5.74) is 3.16. The quantitative estimate of drug-likeness (QED) is 0.380. The van der Waals surface area contributed by atoms with E-state index in [4.69, 9.17) is 0 Å². The minimum atomic E-state index is -0.554. The third-order valence-electron chi connectivity index (χ3n) is 11.8. The number of fused-ring (bicyclic) bond motifs is 6. The molecule has 3 amide bonds. The minimum absolute atomic E-state index is 0.00392. The molecule has 2 aliphatic carbocycles. The molecule has 4 fully saturated rings. The highest BCUT2D eigenvalue weighted by Gasteiger charge is 2.68. The van der Waals surface area contributed by atoms with E-state index in [-0.39, 0.29) is 34.5 Å². The van der Waals surface area contributed by atoms with Gasteiger partial charge in [-0.2, -0.15) is 0 Å². The minimum Gasteiger partial charge on any atom is -0.332 e. The molecule has 39 heavy (non-hydrogen) atoms. The third-order valence-corrected chi connectivity index (χ3v) is 11.8. The molecule has 0 bridgehead atoms. The largest absolute Gasteiger partial charge is 0.332 e. The van der Waals surface area contributed by atoms with Crippen LogP contribution < -0.4 is 4.90 Å². The maximum absolute atomic E-state index is 14.2. The molecule has 0 aromatic heterocycles. The second-order valence-corrected chi connectivity index (χ2v) is 14.5. The van der Waals surface area contributed by atoms with Crippen LogP contribution in [0.2, 0.25) is 0 Å². The predicted octanol–water partition coefficient (Wildman–Crippen LogP) is 5.51. The first-order valence-corrected chi connectivity index (χ1v) is 15.0. The van der Waals surface area contributed by atoms with Gasteiger partial charge >= 0.3 is 0 Å². The van der Waals surface area contributed by atoms with Crippen molar-refractivity contribution in [2.45, 2.75) is 103 Å². The fourth-order valence-electron chi connectivity index (χ4n) is 10.2. The Kier molecular flexibility index (Phi) is 5.92. The Morgan fingerprint density at radius 3 is 2.51 bits per heavy atom. The molecule has 6 nitrogen and oxygen atoms in total. The molecule has 3 aliphatic heterocycles. The van der Waals surface area contributed by atoms with Crippen LogP contribution in [0.3, 0.4) is 0 Å². The van der Waals surface area contributed by atoms with Crippen molar-refractivity contribution in [1.82, 2.24) is 9.80 Å². The molecule has 3 heterocycles. The molecule has 0 spiro atoms. The second kappa shape index (κ2) is 8.68. The molecule has 7 atom stereocenters. The number of hydrogen-bond acceptors (Lipinski definition) is 3. The van der Waals surface area contributed by atoms with Crippen LogP contribution >= 0.6 is 0 Å². The van der Waals surface area contributed by atoms with E-state index >= 15 is 0 Å². The number of likely N-dealkylation sites (N-methyl/N-ethyl adjacent to an activating group) is 1. The lowest BCUT2D eigenvalue weighted by Gasteiger charge is -2.59. The van der Waals surface area contributed by atoms with E-state index in [1.807, 2.05) is 36.9 Å². The van der Waals surface area contributed by atoms with E-state index in [0.29, 0.717) is 12.3 Å². The summed E-state index contributed by atoms with van der Waals surface area (Å²) in [6.07, 6.45) is 7.60. The average molecular weight is 532 g/mol. The SMILES string of the molecule is C=C1CC[C@H]2C(C)(C)CCC[C@]2(C)[C@H]1C[C@@]12C[C@H]3C(=O)N(C)[C@@H](C(C)C)C(=O)N3[C@@H]1N(C=O)c1ccccc12. The maximum atomic E-state index is 14.2. The first-order chi connectivity index (χ1) is 18.4. The van der Waals surface area contributed by atoms with Gasteiger partial charge in [0, 0.05) is 18.2 Å². The van der Waals surface area contributed by atoms with Gasteiger partial charge in [-0.25, -0.2) is 0 Å². The van der Waals surface area contributed by atoms with Crippen molar-refractivity contribution in [3.05, 3.63) is 42.0 Å². The fourth-order valence-corrected chi connectivity index (χ4v) is 10.2. The molecule has 6 heteroatoms. The van der Waals surface area contributed by atoms with Crippen molar-refractivity contribution < 1.29 is 14.4 Å². The summed E-state index contributed by atoms with van der Waals surface area (Å²) in [7, 11) is 1.77. The van der Waals surface area contributed by atoms with Crippen LogP contribution in [-0.4, -0.2) is 53.3 Å². The van der Waals surface area contributed by atoms with Gasteiger partial charge in [-0.05, 0) is 78.7 Å². The van der Waals surface area contributed by atoms with Crippen LogP contribution in [0.1, 0.15) is 85.1 Å². The summed E-state index contributed by atoms with van der Waals surface area (Å²) in [6, 6.07) is 7.08. The summed E-state index contributed by atoms with van der Waals surface area (Å²) in [4.78, 5) is 46.1. The van der Waals surface area contributed by atoms with Gasteiger partial charge < -0.3 is 9.80 Å². The van der Waals surface area contributed by atoms with E-state index in [0.717, 1.165) is 30.5 Å². The summed E-state index contributed by atoms with van der Waals surface area (Å²) in [5, 5.41) is 0. The number of allylic oxidation sites excluding steroid dienone is 1. The number of benzene rings is 1. The van der Waals surface area contributed by atoms with E-state index in [1.54, 1.807) is 16.8 Å². The number of carbonyl (C=O) groups excluding carboxylic acids is 3. The number of amides is 3. The number of nitrogens with zero attached hydrogens (tertiary/aromatic N) is 3. The molecule has 2 saturated heterocycles. The molecule has 6 rings (SSSR count). The van der Waals surface area contributed by atoms with Gasteiger partial charge in [0.2, 0.25) is 18.2 Å². The molecule has 0 radical (unpaired) electrons. The second-order valence-electron chi connectivity index (χ2n) is 14.5. The number of para-hydroxylation sites is 1. The van der Waals surface area contributed by atoms with E-state index < -0.39 is 23.7 Å². The molecule has 210 valence electrons. The van der Waals surface area contributed by atoms with E-state index in [2.05, 4.69) is 33.4 Å². The molecule has 0 N–H and O–H groups in total. The topological polar surface area (TPSA) is 60.9 Å². The molecule has 0 unspecified atom stereocenters. The van der Waals surface area contributed by atoms with Gasteiger partial charge in [0.15, 0.2) is 0 Å². The zero-order valence-electron chi connectivity index (χ0n) is 24.6. The molecular weight excluding hydrogens is 486 g/mol. The van der Waals surface area contributed by atoms with Gasteiger partial charge in [0.25, 0.3) is 0 Å². The number of hydrogen-bond donors (Lipinski definition) is 0. The predicted molar refractivity (Wildman–Crippen MR) is 153 cm³/mol. The van der Waals surface area contributed by atoms with Crippen LogP contribution in [0.4, 0.5) is 5.69 Å². The number of piperazine rings is 1. The first kappa shape index (κ1) is 26.6. The number of anilines is 1. The normalized spacial score (nSPS) is 39.0. The molecule has 1 aromatic rings. The standard InChI is InChI=1S/C33H45N3O3/c1-20(2)27-29(39)36-25(28(38)34(27)7)18-33(22-11-8-9-12-24(22)35(19-37)30(33)36)17-23-21(3)13-14-26-31(4,5)15-10-16-32(23,26)6/h8-9,11-12,19-20,23,25-27,30H,3,10,13-18H2,1-2,4-7H3/t23-,25-,26-,27-,30-,32+,33-/m0/s1. The Labute approximate surface area is 233 Å². The third kappa shape index (κ3) is 3.42. The van der Waals surface area contributed by atoms with Crippen LogP contribution in [0.15, 0.2) is 36.4 Å². The highest BCUT2D eigenvalue weighted by atomic mass is 16.2. The first-order valence-electron chi connectivity index (χ1n) is 15.0. The summed E-state index contributed by atoms with van der Waals surface area (Å²) in [5.74, 6) is 0.817. The van der Waals surface area contributed by atoms with Gasteiger partial charge in [-0.15, -0.1) is 0 Å². The Morgan fingerprint density at radius 1 is 1.10 bits per heavy atom. The molecule has 5 aliphatic rings. The number of rotatable bonds is 4.